The van der Waals surface area contributed by atoms with Crippen molar-refractivity contribution in [3.63, 3.8) is 0 Å². The number of carbonyl (C=O) groups is 1. The van der Waals surface area contributed by atoms with Crippen LogP contribution in [0.3, 0.4) is 0 Å². The van der Waals surface area contributed by atoms with Crippen molar-refractivity contribution in [3.8, 4) is 0 Å². The fraction of sp³-hybridized carbons (Fsp3) is 0.773. The summed E-state index contributed by atoms with van der Waals surface area (Å²) < 4.78 is 0. The molecule has 1 radical (unpaired) electrons. The third kappa shape index (κ3) is 2.91. The molecule has 25 heavy (non-hydrogen) atoms. The molecule has 0 aromatic carbocycles. The fourth-order valence-electron chi connectivity index (χ4n) is 7.21. The third-order valence-electron chi connectivity index (χ3n) is 8.40. The summed E-state index contributed by atoms with van der Waals surface area (Å²) in [6, 6.07) is 0. The van der Waals surface area contributed by atoms with E-state index in [1.165, 1.54) is 18.4 Å². The summed E-state index contributed by atoms with van der Waals surface area (Å²) in [5.41, 5.74) is 4.62. The van der Waals surface area contributed by atoms with E-state index in [1.807, 2.05) is 0 Å². The molecule has 4 aliphatic carbocycles. The van der Waals surface area contributed by atoms with Crippen molar-refractivity contribution in [1.29, 1.82) is 0 Å². The van der Waals surface area contributed by atoms with Crippen molar-refractivity contribution in [2.75, 3.05) is 0 Å². The second-order valence-corrected chi connectivity index (χ2v) is 9.52. The predicted molar refractivity (Wildman–Crippen MR) is 96.5 cm³/mol. The SMILES string of the molecule is CC(=O)C1=CCC2C3CC(C)=C4CC(O)CC[C@]4(C)C3CC[C@]12C.[Ac]. The Morgan fingerprint density at radius 3 is 2.48 bits per heavy atom. The van der Waals surface area contributed by atoms with Gasteiger partial charge in [0.05, 0.1) is 6.10 Å². The van der Waals surface area contributed by atoms with Crippen LogP contribution in [0.2, 0.25) is 0 Å². The quantitative estimate of drug-likeness (QED) is 0.471. The maximum atomic E-state index is 12.2. The second kappa shape index (κ2) is 6.86. The number of Topliss-reactive ketones (excluding diaryl/α,β-unsaturated/α-hetero) is 1. The third-order valence-corrected chi connectivity index (χ3v) is 8.40. The molecule has 3 heteroatoms. The first kappa shape index (κ1) is 20.3. The Balaban J connectivity index is 0.00000182. The standard InChI is InChI=1S/C22H32O2.Ac/c1-13-11-16-18-6-5-17(14(2)23)21(18,3)10-8-19(16)22(4)9-7-15(24)12-20(13)22;/h5,15-16,18-19,24H,6-12H2,1-4H3;/t15?,16?,18?,19?,21-,22-;/m1./s1. The molecule has 2 saturated carbocycles. The number of ketones is 1. The van der Waals surface area contributed by atoms with Crippen molar-refractivity contribution in [1.82, 2.24) is 0 Å². The smallest absolute Gasteiger partial charge is 0.156 e. The zero-order chi connectivity index (χ0) is 17.3. The number of carbonyl (C=O) groups excluding carboxylic acids is 1. The van der Waals surface area contributed by atoms with Gasteiger partial charge in [0, 0.05) is 44.1 Å². The molecule has 0 spiro atoms. The van der Waals surface area contributed by atoms with Crippen molar-refractivity contribution in [3.05, 3.63) is 22.8 Å². The molecule has 4 aliphatic rings. The number of rotatable bonds is 1. The minimum atomic E-state index is -0.133. The summed E-state index contributed by atoms with van der Waals surface area (Å²) in [6.45, 7) is 8.89. The first-order valence-corrected chi connectivity index (χ1v) is 9.86. The Kier molecular flexibility index (Phi) is 5.57. The van der Waals surface area contributed by atoms with E-state index in [9.17, 15) is 9.90 Å². The molecule has 0 amide bonds. The van der Waals surface area contributed by atoms with E-state index in [2.05, 4.69) is 26.8 Å². The molecule has 0 aliphatic heterocycles. The van der Waals surface area contributed by atoms with Crippen LogP contribution < -0.4 is 0 Å². The maximum absolute atomic E-state index is 12.2. The zero-order valence-corrected chi connectivity index (χ0v) is 21.0. The van der Waals surface area contributed by atoms with Gasteiger partial charge >= 0.3 is 0 Å². The molecule has 2 fully saturated rings. The molecule has 2 nitrogen and oxygen atoms in total. The minimum Gasteiger partial charge on any atom is -0.393 e. The first-order chi connectivity index (χ1) is 11.3. The fourth-order valence-corrected chi connectivity index (χ4v) is 7.21. The summed E-state index contributed by atoms with van der Waals surface area (Å²) in [4.78, 5) is 12.2. The number of fused-ring (bicyclic) bond motifs is 5. The molecule has 135 valence electrons. The zero-order valence-electron chi connectivity index (χ0n) is 16.3. The van der Waals surface area contributed by atoms with Crippen LogP contribution in [0.1, 0.15) is 72.6 Å². The Morgan fingerprint density at radius 2 is 1.80 bits per heavy atom. The van der Waals surface area contributed by atoms with Crippen molar-refractivity contribution >= 4 is 5.78 Å². The van der Waals surface area contributed by atoms with Gasteiger partial charge in [-0.15, -0.1) is 0 Å². The van der Waals surface area contributed by atoms with Gasteiger partial charge in [-0.3, -0.25) is 4.79 Å². The van der Waals surface area contributed by atoms with E-state index < -0.39 is 0 Å². The molecular weight excluding hydrogens is 523 g/mol. The molecular formula is C22H32AcO2. The van der Waals surface area contributed by atoms with Crippen LogP contribution in [0.15, 0.2) is 22.8 Å². The largest absolute Gasteiger partial charge is 0.393 e. The van der Waals surface area contributed by atoms with Crippen molar-refractivity contribution in [2.45, 2.75) is 78.7 Å². The predicted octanol–water partition coefficient (Wildman–Crippen LogP) is 4.83. The molecule has 0 heterocycles. The van der Waals surface area contributed by atoms with Crippen LogP contribution in [-0.2, 0) is 4.79 Å². The molecule has 0 aromatic rings. The topological polar surface area (TPSA) is 37.3 Å². The van der Waals surface area contributed by atoms with Gasteiger partial charge in [0.25, 0.3) is 0 Å². The summed E-state index contributed by atoms with van der Waals surface area (Å²) in [7, 11) is 0. The summed E-state index contributed by atoms with van der Waals surface area (Å²) in [6.07, 6.45) is 9.79. The van der Waals surface area contributed by atoms with Crippen LogP contribution in [0.5, 0.6) is 0 Å². The molecule has 0 saturated heterocycles. The Labute approximate surface area is 188 Å². The number of hydrogen-bond acceptors (Lipinski definition) is 2. The molecule has 4 rings (SSSR count). The van der Waals surface area contributed by atoms with E-state index in [1.54, 1.807) is 12.5 Å². The average Bonchev–Trinajstić information content (AvgIpc) is 2.87. The summed E-state index contributed by atoms with van der Waals surface area (Å²) >= 11 is 0. The minimum absolute atomic E-state index is 0. The number of allylic oxidation sites excluding steroid dienone is 3. The molecule has 4 unspecified atom stereocenters. The Morgan fingerprint density at radius 1 is 1.12 bits per heavy atom. The van der Waals surface area contributed by atoms with E-state index >= 15 is 0 Å². The molecule has 0 aromatic heterocycles. The van der Waals surface area contributed by atoms with Crippen molar-refractivity contribution in [2.24, 2.45) is 28.6 Å². The van der Waals surface area contributed by atoms with Crippen LogP contribution in [0, 0.1) is 72.6 Å². The van der Waals surface area contributed by atoms with Gasteiger partial charge in [-0.05, 0) is 93.0 Å². The van der Waals surface area contributed by atoms with E-state index in [-0.39, 0.29) is 66.8 Å². The van der Waals surface area contributed by atoms with Crippen LogP contribution >= 0.6 is 0 Å². The Hall–Kier alpha value is 0.552. The van der Waals surface area contributed by atoms with Gasteiger partial charge in [-0.2, -0.15) is 0 Å². The van der Waals surface area contributed by atoms with E-state index in [4.69, 9.17) is 0 Å². The van der Waals surface area contributed by atoms with Crippen LogP contribution in [0.4, 0.5) is 0 Å². The van der Waals surface area contributed by atoms with Gasteiger partial charge in [0.15, 0.2) is 5.78 Å². The molecule has 6 atom stereocenters. The van der Waals surface area contributed by atoms with Crippen LogP contribution in [0.25, 0.3) is 0 Å². The van der Waals surface area contributed by atoms with Crippen molar-refractivity contribution < 1.29 is 54.0 Å². The van der Waals surface area contributed by atoms with Gasteiger partial charge in [-0.1, -0.05) is 31.1 Å². The normalized spacial score (nSPS) is 45.7. The molecule has 0 bridgehead atoms. The van der Waals surface area contributed by atoms with Gasteiger partial charge < -0.3 is 5.11 Å². The average molecular weight is 555 g/mol. The van der Waals surface area contributed by atoms with Gasteiger partial charge in [-0.25, -0.2) is 0 Å². The van der Waals surface area contributed by atoms with Gasteiger partial charge in [0.1, 0.15) is 0 Å². The first-order valence-electron chi connectivity index (χ1n) is 9.86. The number of hydrogen-bond donors (Lipinski definition) is 1. The molecule has 1 N–H and O–H groups in total. The monoisotopic (exact) mass is 555 g/mol. The Bertz CT molecular complexity index is 648. The maximum Gasteiger partial charge on any atom is 0.156 e. The van der Waals surface area contributed by atoms with Crippen LogP contribution in [-0.4, -0.2) is 17.0 Å². The van der Waals surface area contributed by atoms with E-state index in [0.29, 0.717) is 11.8 Å². The summed E-state index contributed by atoms with van der Waals surface area (Å²) in [5, 5.41) is 10.2. The summed E-state index contributed by atoms with van der Waals surface area (Å²) in [5.74, 6) is 2.37. The number of aliphatic hydroxyl groups excluding tert-OH is 1. The second-order valence-electron chi connectivity index (χ2n) is 9.52. The van der Waals surface area contributed by atoms with Gasteiger partial charge in [0.2, 0.25) is 0 Å². The number of aliphatic hydroxyl groups is 1. The van der Waals surface area contributed by atoms with E-state index in [0.717, 1.165) is 43.6 Å².